The molecule has 0 amide bonds. The van der Waals surface area contributed by atoms with Gasteiger partial charge in [0.1, 0.15) is 0 Å². The van der Waals surface area contributed by atoms with Crippen molar-refractivity contribution in [3.8, 4) is 11.3 Å². The minimum atomic E-state index is -0.111. The number of hydrogen-bond acceptors (Lipinski definition) is 2. The summed E-state index contributed by atoms with van der Waals surface area (Å²) in [6.07, 6.45) is 21.2. The molecule has 1 aromatic heterocycles. The fraction of sp³-hybridized carbons (Fsp3) is 0.385. The van der Waals surface area contributed by atoms with Gasteiger partial charge in [-0.15, -0.1) is 0 Å². The first-order valence-electron chi connectivity index (χ1n) is 16.1. The highest BCUT2D eigenvalue weighted by molar-refractivity contribution is 6.25. The molecule has 0 aliphatic heterocycles. The summed E-state index contributed by atoms with van der Waals surface area (Å²) < 4.78 is 1.87. The van der Waals surface area contributed by atoms with Crippen LogP contribution < -0.4 is 0 Å². The van der Waals surface area contributed by atoms with Gasteiger partial charge in [-0.2, -0.15) is 5.10 Å². The summed E-state index contributed by atoms with van der Waals surface area (Å²) in [7, 11) is 1.95. The molecule has 2 aliphatic carbocycles. The van der Waals surface area contributed by atoms with Gasteiger partial charge in [0.25, 0.3) is 0 Å². The van der Waals surface area contributed by atoms with E-state index in [1.807, 2.05) is 37.8 Å². The second-order valence-electron chi connectivity index (χ2n) is 11.2. The summed E-state index contributed by atoms with van der Waals surface area (Å²) in [5.74, 6) is 0.114. The summed E-state index contributed by atoms with van der Waals surface area (Å²) in [6, 6.07) is 19.5. The van der Waals surface area contributed by atoms with Gasteiger partial charge >= 0.3 is 0 Å². The van der Waals surface area contributed by atoms with Crippen molar-refractivity contribution < 1.29 is 6.22 Å². The van der Waals surface area contributed by atoms with Gasteiger partial charge in [-0.1, -0.05) is 120 Å². The molecule has 0 radical (unpaired) electrons. The molecule has 3 nitrogen and oxygen atoms in total. The normalized spacial score (nSPS) is 16.3. The molecular weight excluding hydrogens is 512 g/mol. The summed E-state index contributed by atoms with van der Waals surface area (Å²) in [5.41, 5.74) is 10.4. The molecule has 1 heterocycles. The number of ketones is 1. The van der Waals surface area contributed by atoms with Gasteiger partial charge in [0.05, 0.1) is 5.69 Å². The minimum absolute atomic E-state index is 0. The smallest absolute Gasteiger partial charge is 0.170 e. The van der Waals surface area contributed by atoms with Crippen LogP contribution in [0.5, 0.6) is 0 Å². The topological polar surface area (TPSA) is 34.9 Å². The Kier molecular flexibility index (Phi) is 11.5. The van der Waals surface area contributed by atoms with Crippen LogP contribution in [0.2, 0.25) is 0 Å². The second-order valence-corrected chi connectivity index (χ2v) is 11.2. The molecule has 2 aliphatic rings. The molecule has 42 heavy (non-hydrogen) atoms. The number of carbonyl (C=O) groups is 1. The fourth-order valence-corrected chi connectivity index (χ4v) is 6.02. The number of rotatable bonds is 11. The van der Waals surface area contributed by atoms with Gasteiger partial charge in [0.15, 0.2) is 5.78 Å². The van der Waals surface area contributed by atoms with Crippen molar-refractivity contribution in [2.75, 3.05) is 0 Å². The van der Waals surface area contributed by atoms with Gasteiger partial charge in [0, 0.05) is 26.2 Å². The summed E-state index contributed by atoms with van der Waals surface area (Å²) in [5, 5.41) is 4.28. The van der Waals surface area contributed by atoms with Gasteiger partial charge in [0.2, 0.25) is 0 Å². The van der Waals surface area contributed by atoms with Crippen molar-refractivity contribution >= 4 is 11.4 Å². The molecule has 0 spiro atoms. The third-order valence-electron chi connectivity index (χ3n) is 8.37. The van der Waals surface area contributed by atoms with Crippen molar-refractivity contribution in [3.63, 3.8) is 0 Å². The number of fused-ring (bicyclic) bond motifs is 1. The predicted molar refractivity (Wildman–Crippen MR) is 180 cm³/mol. The number of allylic oxidation sites excluding steroid dienone is 8. The lowest BCUT2D eigenvalue weighted by Crippen LogP contribution is -2.23. The molecule has 0 fully saturated rings. The molecule has 1 unspecified atom stereocenters. The van der Waals surface area contributed by atoms with E-state index in [-0.39, 0.29) is 13.1 Å². The Balaban J connectivity index is 0.00000165. The number of aryl methyl sites for hydroxylation is 2. The third kappa shape index (κ3) is 7.56. The van der Waals surface area contributed by atoms with Gasteiger partial charge in [-0.05, 0) is 83.2 Å². The van der Waals surface area contributed by atoms with Crippen LogP contribution in [0.4, 0.5) is 0 Å². The predicted octanol–water partition coefficient (Wildman–Crippen LogP) is 10.3. The quantitative estimate of drug-likeness (QED) is 0.218. The SMILES string of the molecule is CC.CCCCCCCc1ccc(CC2=CCC=C3C=C(c4ccc(-c5ccnn5C)cc4)C(=O)C(CC)C3=C2)cc1.[HH]. The van der Waals surface area contributed by atoms with E-state index in [9.17, 15) is 4.79 Å². The highest BCUT2D eigenvalue weighted by Gasteiger charge is 2.31. The Morgan fingerprint density at radius 2 is 1.52 bits per heavy atom. The highest BCUT2D eigenvalue weighted by atomic mass is 16.1. The molecular formula is C39H50N2O. The number of hydrogen-bond donors (Lipinski definition) is 0. The van der Waals surface area contributed by atoms with Crippen LogP contribution in [0, 0.1) is 5.92 Å². The van der Waals surface area contributed by atoms with E-state index in [2.05, 4.69) is 91.8 Å². The maximum Gasteiger partial charge on any atom is 0.170 e. The minimum Gasteiger partial charge on any atom is -0.293 e. The van der Waals surface area contributed by atoms with E-state index in [0.717, 1.165) is 41.7 Å². The molecule has 5 rings (SSSR count). The first-order chi connectivity index (χ1) is 20.6. The van der Waals surface area contributed by atoms with Crippen molar-refractivity contribution in [1.82, 2.24) is 9.78 Å². The lowest BCUT2D eigenvalue weighted by Gasteiger charge is -2.26. The lowest BCUT2D eigenvalue weighted by molar-refractivity contribution is -0.116. The van der Waals surface area contributed by atoms with Crippen LogP contribution in [0.15, 0.2) is 102 Å². The van der Waals surface area contributed by atoms with Crippen LogP contribution in [0.1, 0.15) is 90.8 Å². The van der Waals surface area contributed by atoms with Crippen LogP contribution in [-0.2, 0) is 24.7 Å². The molecule has 0 N–H and O–H groups in total. The monoisotopic (exact) mass is 562 g/mol. The highest BCUT2D eigenvalue weighted by Crippen LogP contribution is 2.39. The van der Waals surface area contributed by atoms with Gasteiger partial charge in [-0.25, -0.2) is 0 Å². The maximum atomic E-state index is 13.8. The lowest BCUT2D eigenvalue weighted by atomic mass is 9.76. The Morgan fingerprint density at radius 3 is 2.19 bits per heavy atom. The van der Waals surface area contributed by atoms with Crippen LogP contribution >= 0.6 is 0 Å². The van der Waals surface area contributed by atoms with Crippen LogP contribution in [0.25, 0.3) is 16.8 Å². The zero-order valence-electron chi connectivity index (χ0n) is 26.3. The average Bonchev–Trinajstić information content (AvgIpc) is 3.35. The molecule has 1 atom stereocenters. The summed E-state index contributed by atoms with van der Waals surface area (Å²) >= 11 is 0. The van der Waals surface area contributed by atoms with E-state index >= 15 is 0 Å². The molecule has 3 aromatic rings. The summed E-state index contributed by atoms with van der Waals surface area (Å²) in [6.45, 7) is 8.40. The van der Waals surface area contributed by atoms with Crippen molar-refractivity contribution in [1.29, 1.82) is 0 Å². The number of unbranched alkanes of at least 4 members (excludes halogenated alkanes) is 4. The number of carbonyl (C=O) groups excluding carboxylic acids is 1. The molecule has 0 bridgehead atoms. The third-order valence-corrected chi connectivity index (χ3v) is 8.37. The largest absolute Gasteiger partial charge is 0.293 e. The van der Waals surface area contributed by atoms with Gasteiger partial charge in [-0.3, -0.25) is 9.48 Å². The standard InChI is InChI=1S/C37H42N2O.C2H6.H2/c1-4-6-7-8-9-11-27-14-16-28(17-15-27)24-29-12-10-13-32-26-35(37(40)33(5-2)34(32)25-29)30-18-20-31(21-19-30)36-22-23-38-39(36)3;1-2;/h12-23,25-26,33H,4-11,24H2,1-3H3;1-2H3;1H. The molecule has 0 saturated heterocycles. The Hall–Kier alpha value is -3.72. The van der Waals surface area contributed by atoms with Crippen molar-refractivity contribution in [2.24, 2.45) is 13.0 Å². The van der Waals surface area contributed by atoms with Gasteiger partial charge < -0.3 is 0 Å². The Labute approximate surface area is 255 Å². The van der Waals surface area contributed by atoms with E-state index in [1.54, 1.807) is 0 Å². The maximum absolute atomic E-state index is 13.8. The van der Waals surface area contributed by atoms with E-state index in [4.69, 9.17) is 0 Å². The first-order valence-corrected chi connectivity index (χ1v) is 16.1. The van der Waals surface area contributed by atoms with Crippen LogP contribution in [-0.4, -0.2) is 15.6 Å². The van der Waals surface area contributed by atoms with Crippen molar-refractivity contribution in [3.05, 3.63) is 119 Å². The zero-order valence-corrected chi connectivity index (χ0v) is 26.3. The van der Waals surface area contributed by atoms with Crippen LogP contribution in [0.3, 0.4) is 0 Å². The number of nitrogens with zero attached hydrogens (tertiary/aromatic N) is 2. The Bertz CT molecular complexity index is 1450. The average molecular weight is 563 g/mol. The first kappa shape index (κ1) is 31.2. The molecule has 2 aromatic carbocycles. The second kappa shape index (κ2) is 15.5. The Morgan fingerprint density at radius 1 is 0.833 bits per heavy atom. The fourth-order valence-electron chi connectivity index (χ4n) is 6.02. The number of Topliss-reactive ketones (excluding diaryl/α,β-unsaturated/α-hetero) is 1. The number of aromatic nitrogens is 2. The zero-order chi connectivity index (χ0) is 29.9. The molecule has 3 heteroatoms. The van der Waals surface area contributed by atoms with E-state index in [1.165, 1.54) is 66.4 Å². The molecule has 222 valence electrons. The molecule has 0 saturated carbocycles. The summed E-state index contributed by atoms with van der Waals surface area (Å²) in [4.78, 5) is 13.8. The van der Waals surface area contributed by atoms with E-state index in [0.29, 0.717) is 0 Å². The van der Waals surface area contributed by atoms with E-state index < -0.39 is 0 Å². The van der Waals surface area contributed by atoms with Crippen molar-refractivity contribution in [2.45, 2.75) is 85.5 Å². The number of benzene rings is 2.